The molecule has 37 heavy (non-hydrogen) atoms. The number of esters is 3. The monoisotopic (exact) mass is 526 g/mol. The van der Waals surface area contributed by atoms with Gasteiger partial charge in [-0.2, -0.15) is 8.78 Å². The molecule has 7 aliphatic rings. The second-order valence-electron chi connectivity index (χ2n) is 12.4. The van der Waals surface area contributed by atoms with Gasteiger partial charge < -0.3 is 23.7 Å². The van der Waals surface area contributed by atoms with E-state index in [1.54, 1.807) is 0 Å². The normalized spacial score (nSPS) is 44.8. The van der Waals surface area contributed by atoms with Crippen LogP contribution in [-0.2, 0) is 38.1 Å². The Kier molecular flexibility index (Phi) is 6.10. The Bertz CT molecular complexity index is 967. The first kappa shape index (κ1) is 25.5. The molecular weight excluding hydrogens is 490 g/mol. The van der Waals surface area contributed by atoms with Crippen molar-refractivity contribution in [3.63, 3.8) is 0 Å². The average Bonchev–Trinajstić information content (AvgIpc) is 3.45. The molecule has 0 aromatic carbocycles. The number of alkyl halides is 2. The van der Waals surface area contributed by atoms with Crippen LogP contribution in [0.25, 0.3) is 0 Å². The van der Waals surface area contributed by atoms with Crippen LogP contribution in [0.4, 0.5) is 8.78 Å². The van der Waals surface area contributed by atoms with Gasteiger partial charge in [-0.15, -0.1) is 0 Å². The summed E-state index contributed by atoms with van der Waals surface area (Å²) in [6.07, 6.45) is 6.11. The summed E-state index contributed by atoms with van der Waals surface area (Å²) in [5, 5.41) is 0. The highest BCUT2D eigenvalue weighted by atomic mass is 19.3. The van der Waals surface area contributed by atoms with Gasteiger partial charge in [-0.1, -0.05) is 13.3 Å². The molecule has 0 amide bonds. The minimum absolute atomic E-state index is 0.0297. The molecule has 0 aromatic rings. The van der Waals surface area contributed by atoms with Gasteiger partial charge in [0.25, 0.3) is 0 Å². The number of rotatable bonds is 10. The lowest BCUT2D eigenvalue weighted by molar-refractivity contribution is -0.268. The van der Waals surface area contributed by atoms with Crippen molar-refractivity contribution in [2.75, 3.05) is 19.8 Å². The lowest BCUT2D eigenvalue weighted by Crippen LogP contribution is -2.65. The van der Waals surface area contributed by atoms with Crippen molar-refractivity contribution in [3.8, 4) is 0 Å². The van der Waals surface area contributed by atoms with E-state index in [9.17, 15) is 23.2 Å². The Hall–Kier alpha value is -1.81. The second kappa shape index (κ2) is 8.86. The summed E-state index contributed by atoms with van der Waals surface area (Å²) in [6.45, 7) is 2.31. The number of ether oxygens (including phenoxy) is 5. The van der Waals surface area contributed by atoms with E-state index >= 15 is 0 Å². The Morgan fingerprint density at radius 3 is 2.65 bits per heavy atom. The molecule has 10 atom stereocenters. The van der Waals surface area contributed by atoms with E-state index in [2.05, 4.69) is 6.92 Å². The van der Waals surface area contributed by atoms with Crippen LogP contribution in [-0.4, -0.2) is 67.1 Å². The predicted octanol–water partition coefficient (Wildman–Crippen LogP) is 3.44. The number of carbonyl (C=O) groups excluding carboxylic acids is 3. The third-order valence-corrected chi connectivity index (χ3v) is 10.1. The molecule has 6 saturated carbocycles. The van der Waals surface area contributed by atoms with Crippen molar-refractivity contribution in [1.82, 2.24) is 0 Å². The van der Waals surface area contributed by atoms with Crippen molar-refractivity contribution in [2.24, 2.45) is 35.5 Å². The Morgan fingerprint density at radius 1 is 1.08 bits per heavy atom. The molecule has 10 unspecified atom stereocenters. The summed E-state index contributed by atoms with van der Waals surface area (Å²) in [5.41, 5.74) is -0.981. The standard InChI is InChI=1S/C27H36F2O8/c1-3-19-16-6-14-9-26(11-16,13-27(19,10-14)34-5-4-33-24(32)25(2,28)29)35-12-20(30)36-21-15-7-17-18(8-15)23(31)37-22(17)21/h14-19,21-22H,3-13H2,1-2H3. The molecule has 1 heterocycles. The molecule has 6 aliphatic carbocycles. The first-order chi connectivity index (χ1) is 17.5. The van der Waals surface area contributed by atoms with Gasteiger partial charge in [0.2, 0.25) is 0 Å². The minimum atomic E-state index is -3.53. The highest BCUT2D eigenvalue weighted by Gasteiger charge is 2.65. The molecule has 1 saturated heterocycles. The fraction of sp³-hybridized carbons (Fsp3) is 0.889. The SMILES string of the molecule is CCC1C2CC3CC(OCC(=O)OC4C5CC6C(=O)OC4C6C5)(C2)CC1(OCCOC(=O)C(C)(F)F)C3. The number of fused-ring (bicyclic) bond motifs is 1. The maximum atomic E-state index is 13.1. The highest BCUT2D eigenvalue weighted by molar-refractivity contribution is 5.77. The number of hydrogen-bond acceptors (Lipinski definition) is 8. The molecule has 0 radical (unpaired) electrons. The second-order valence-corrected chi connectivity index (χ2v) is 12.4. The zero-order chi connectivity index (χ0) is 26.2. The molecule has 8 nitrogen and oxygen atoms in total. The first-order valence-corrected chi connectivity index (χ1v) is 13.8. The zero-order valence-corrected chi connectivity index (χ0v) is 21.4. The van der Waals surface area contributed by atoms with Crippen molar-refractivity contribution in [1.29, 1.82) is 0 Å². The van der Waals surface area contributed by atoms with Crippen molar-refractivity contribution >= 4 is 17.9 Å². The van der Waals surface area contributed by atoms with Crippen LogP contribution in [0.15, 0.2) is 0 Å². The molecule has 206 valence electrons. The molecule has 0 aromatic heterocycles. The van der Waals surface area contributed by atoms with Crippen LogP contribution in [0.3, 0.4) is 0 Å². The van der Waals surface area contributed by atoms with E-state index in [-0.39, 0.29) is 55.8 Å². The predicted molar refractivity (Wildman–Crippen MR) is 122 cm³/mol. The van der Waals surface area contributed by atoms with Crippen LogP contribution in [0.5, 0.6) is 0 Å². The fourth-order valence-electron chi connectivity index (χ4n) is 9.17. The molecule has 10 heteroatoms. The number of halogens is 2. The topological polar surface area (TPSA) is 97.4 Å². The van der Waals surface area contributed by atoms with Crippen LogP contribution >= 0.6 is 0 Å². The average molecular weight is 527 g/mol. The van der Waals surface area contributed by atoms with Crippen molar-refractivity contribution < 1.29 is 46.8 Å². The minimum Gasteiger partial charge on any atom is -0.459 e. The molecule has 7 rings (SSSR count). The molecule has 1 aliphatic heterocycles. The first-order valence-electron chi connectivity index (χ1n) is 13.8. The maximum absolute atomic E-state index is 13.1. The van der Waals surface area contributed by atoms with Gasteiger partial charge >= 0.3 is 23.8 Å². The molecular formula is C27H36F2O8. The summed E-state index contributed by atoms with van der Waals surface area (Å²) >= 11 is 0. The van der Waals surface area contributed by atoms with Gasteiger partial charge in [0.1, 0.15) is 25.4 Å². The summed E-state index contributed by atoms with van der Waals surface area (Å²) in [7, 11) is 0. The van der Waals surface area contributed by atoms with E-state index in [1.807, 2.05) is 0 Å². The largest absolute Gasteiger partial charge is 0.459 e. The number of hydrogen-bond donors (Lipinski definition) is 0. The molecule has 0 N–H and O–H groups in total. The van der Waals surface area contributed by atoms with E-state index < -0.39 is 29.1 Å². The van der Waals surface area contributed by atoms with Crippen LogP contribution in [0.1, 0.15) is 65.2 Å². The quantitative estimate of drug-likeness (QED) is 0.243. The third kappa shape index (κ3) is 4.26. The van der Waals surface area contributed by atoms with Crippen molar-refractivity contribution in [2.45, 2.75) is 94.5 Å². The molecule has 7 fully saturated rings. The summed E-state index contributed by atoms with van der Waals surface area (Å²) < 4.78 is 55.0. The van der Waals surface area contributed by atoms with E-state index in [0.29, 0.717) is 31.1 Å². The van der Waals surface area contributed by atoms with Gasteiger partial charge in [0, 0.05) is 25.2 Å². The van der Waals surface area contributed by atoms with Gasteiger partial charge in [0.15, 0.2) is 0 Å². The van der Waals surface area contributed by atoms with Crippen LogP contribution in [0.2, 0.25) is 0 Å². The van der Waals surface area contributed by atoms with Crippen molar-refractivity contribution in [3.05, 3.63) is 0 Å². The summed E-state index contributed by atoms with van der Waals surface area (Å²) in [5.74, 6) is -4.25. The van der Waals surface area contributed by atoms with E-state index in [0.717, 1.165) is 44.9 Å². The van der Waals surface area contributed by atoms with Crippen LogP contribution < -0.4 is 0 Å². The smallest absolute Gasteiger partial charge is 0.376 e. The zero-order valence-electron chi connectivity index (χ0n) is 21.4. The fourth-order valence-corrected chi connectivity index (χ4v) is 9.17. The summed E-state index contributed by atoms with van der Waals surface area (Å²) in [6, 6.07) is 0. The van der Waals surface area contributed by atoms with Gasteiger partial charge in [-0.25, -0.2) is 9.59 Å². The Morgan fingerprint density at radius 2 is 1.89 bits per heavy atom. The summed E-state index contributed by atoms with van der Waals surface area (Å²) in [4.78, 5) is 36.3. The van der Waals surface area contributed by atoms with Crippen LogP contribution in [0, 0.1) is 35.5 Å². The van der Waals surface area contributed by atoms with E-state index in [1.165, 1.54) is 0 Å². The molecule has 6 bridgehead atoms. The Balaban J connectivity index is 1.07. The lowest BCUT2D eigenvalue weighted by atomic mass is 9.47. The number of carbonyl (C=O) groups is 3. The lowest BCUT2D eigenvalue weighted by Gasteiger charge is -2.64. The van der Waals surface area contributed by atoms with E-state index in [4.69, 9.17) is 23.7 Å². The van der Waals surface area contributed by atoms with Gasteiger partial charge in [-0.3, -0.25) is 4.79 Å². The highest BCUT2D eigenvalue weighted by Crippen LogP contribution is 2.63. The molecule has 0 spiro atoms. The van der Waals surface area contributed by atoms with Gasteiger partial charge in [-0.05, 0) is 56.3 Å². The Labute approximate surface area is 215 Å². The van der Waals surface area contributed by atoms with Gasteiger partial charge in [0.05, 0.1) is 23.7 Å². The maximum Gasteiger partial charge on any atom is 0.376 e. The third-order valence-electron chi connectivity index (χ3n) is 10.1.